The highest BCUT2D eigenvalue weighted by molar-refractivity contribution is 6.36. The maximum absolute atomic E-state index is 15.0. The molecule has 0 fully saturated rings. The molecule has 62 heavy (non-hydrogen) atoms. The van der Waals surface area contributed by atoms with E-state index in [0.717, 1.165) is 55.2 Å². The molecular weight excluding hydrogens is 765 g/mol. The second-order valence-corrected chi connectivity index (χ2v) is 14.8. The number of carbonyl (C=O) groups is 2. The lowest BCUT2D eigenvalue weighted by atomic mass is 9.97. The highest BCUT2D eigenvalue weighted by Gasteiger charge is 2.40. The number of hydrogen-bond donors (Lipinski definition) is 0. The third kappa shape index (κ3) is 5.89. The van der Waals surface area contributed by atoms with Gasteiger partial charge in [0.2, 0.25) is 0 Å². The average molecular weight is 793 g/mol. The molecule has 9 aromatic rings. The van der Waals surface area contributed by atoms with Crippen molar-refractivity contribution >= 4 is 50.7 Å². The van der Waals surface area contributed by atoms with Crippen LogP contribution < -0.4 is 4.90 Å². The molecule has 10 rings (SSSR count). The summed E-state index contributed by atoms with van der Waals surface area (Å²) in [6.45, 7) is 15.4. The summed E-state index contributed by atoms with van der Waals surface area (Å²) in [4.78, 5) is 38.2. The van der Waals surface area contributed by atoms with Gasteiger partial charge in [-0.05, 0) is 106 Å². The van der Waals surface area contributed by atoms with Gasteiger partial charge in [-0.25, -0.2) is 14.6 Å². The van der Waals surface area contributed by atoms with Crippen LogP contribution in [0.1, 0.15) is 31.8 Å². The van der Waals surface area contributed by atoms with E-state index in [1.54, 1.807) is 48.5 Å². The van der Waals surface area contributed by atoms with Gasteiger partial charge in [-0.2, -0.15) is 10.5 Å². The van der Waals surface area contributed by atoms with Crippen LogP contribution in [0.3, 0.4) is 0 Å². The Hall–Kier alpha value is -9.34. The predicted molar refractivity (Wildman–Crippen MR) is 242 cm³/mol. The highest BCUT2D eigenvalue weighted by Crippen LogP contribution is 2.44. The zero-order valence-electron chi connectivity index (χ0n) is 32.7. The fourth-order valence-corrected chi connectivity index (χ4v) is 8.56. The molecule has 0 saturated heterocycles. The van der Waals surface area contributed by atoms with Crippen LogP contribution >= 0.6 is 0 Å². The molecule has 0 radical (unpaired) electrons. The van der Waals surface area contributed by atoms with Gasteiger partial charge in [-0.1, -0.05) is 103 Å². The molecule has 0 unspecified atom stereocenters. The third-order valence-electron chi connectivity index (χ3n) is 11.5. The van der Waals surface area contributed by atoms with Crippen LogP contribution in [-0.4, -0.2) is 16.4 Å². The number of carbonyl (C=O) groups excluding carboxylic acids is 2. The second-order valence-electron chi connectivity index (χ2n) is 14.8. The molecule has 2 amide bonds. The van der Waals surface area contributed by atoms with Crippen LogP contribution in [0.4, 0.5) is 17.1 Å². The molecule has 2 heterocycles. The molecule has 1 aliphatic rings. The maximum Gasteiger partial charge on any atom is 0.268 e. The summed E-state index contributed by atoms with van der Waals surface area (Å²) >= 11 is 0. The summed E-state index contributed by atoms with van der Waals surface area (Å²) in [5.41, 5.74) is 10.8. The minimum Gasteiger partial charge on any atom is -0.308 e. The van der Waals surface area contributed by atoms with Gasteiger partial charge in [0.25, 0.3) is 11.8 Å². The normalized spacial score (nSPS) is 11.8. The molecule has 0 saturated carbocycles. The number of nitrogens with zero attached hydrogens (tertiary/aromatic N) is 6. The van der Waals surface area contributed by atoms with Crippen LogP contribution in [0.2, 0.25) is 0 Å². The van der Waals surface area contributed by atoms with Crippen LogP contribution in [0.5, 0.6) is 0 Å². The molecule has 286 valence electrons. The first-order chi connectivity index (χ1) is 30.4. The summed E-state index contributed by atoms with van der Waals surface area (Å²) in [6, 6.07) is 56.9. The first kappa shape index (κ1) is 37.0. The van der Waals surface area contributed by atoms with Crippen molar-refractivity contribution in [3.63, 3.8) is 0 Å². The zero-order chi connectivity index (χ0) is 42.5. The molecule has 0 bridgehead atoms. The molecule has 1 aliphatic heterocycles. The van der Waals surface area contributed by atoms with Gasteiger partial charge < -0.3 is 4.57 Å². The Bertz CT molecular complexity index is 3430. The lowest BCUT2D eigenvalue weighted by molar-refractivity contribution is 0.0926. The molecule has 0 spiro atoms. The number of rotatable bonds is 6. The number of benzene rings is 8. The fourth-order valence-electron chi connectivity index (χ4n) is 8.56. The largest absolute Gasteiger partial charge is 0.308 e. The number of nitriles is 2. The average Bonchev–Trinajstić information content (AvgIpc) is 3.80. The summed E-state index contributed by atoms with van der Waals surface area (Å²) in [5.74, 6) is -0.882. The van der Waals surface area contributed by atoms with Crippen LogP contribution in [0.25, 0.3) is 81.7 Å². The third-order valence-corrected chi connectivity index (χ3v) is 11.5. The summed E-state index contributed by atoms with van der Waals surface area (Å²) in [6.07, 6.45) is 0. The Morgan fingerprint density at radius 3 is 1.79 bits per heavy atom. The Balaban J connectivity index is 1.18. The van der Waals surface area contributed by atoms with Crippen LogP contribution in [0, 0.1) is 35.8 Å². The van der Waals surface area contributed by atoms with Gasteiger partial charge >= 0.3 is 0 Å². The van der Waals surface area contributed by atoms with E-state index in [1.807, 2.05) is 126 Å². The van der Waals surface area contributed by atoms with Crippen molar-refractivity contribution in [2.24, 2.45) is 0 Å². The van der Waals surface area contributed by atoms with Gasteiger partial charge in [0, 0.05) is 27.5 Å². The van der Waals surface area contributed by atoms with Crippen molar-refractivity contribution in [1.82, 2.24) is 4.57 Å². The van der Waals surface area contributed by atoms with Gasteiger partial charge in [-0.15, -0.1) is 0 Å². The van der Waals surface area contributed by atoms with E-state index in [-0.39, 0.29) is 11.1 Å². The maximum atomic E-state index is 15.0. The van der Waals surface area contributed by atoms with Crippen molar-refractivity contribution in [2.45, 2.75) is 0 Å². The second kappa shape index (κ2) is 14.8. The molecule has 8 heteroatoms. The Kier molecular flexibility index (Phi) is 8.82. The standard InChI is InChI=1S/C54H28N6O2/c1-57-40-20-22-41(39(27-40)32-56)37-18-24-49-45(29-37)46-30-38(42-21-16-33(31-55)26-47(42)58-2)19-25-50(46)59(49)51-15-9-14-43-52(51)54(62)60(53(43)61)48-23-17-36(34-10-5-3-6-11-34)28-44(48)35-12-7-4-8-13-35/h3-30H. The molecule has 0 N–H and O–H groups in total. The summed E-state index contributed by atoms with van der Waals surface area (Å²) in [5, 5.41) is 21.2. The van der Waals surface area contributed by atoms with Crippen molar-refractivity contribution < 1.29 is 9.59 Å². The fraction of sp³-hybridized carbons (Fsp3) is 0. The van der Waals surface area contributed by atoms with E-state index in [1.165, 1.54) is 4.90 Å². The lowest BCUT2D eigenvalue weighted by Crippen LogP contribution is -2.30. The van der Waals surface area contributed by atoms with E-state index >= 15 is 4.79 Å². The zero-order valence-corrected chi connectivity index (χ0v) is 32.7. The van der Waals surface area contributed by atoms with Gasteiger partial charge in [0.05, 0.1) is 58.8 Å². The van der Waals surface area contributed by atoms with Crippen molar-refractivity contribution in [1.29, 1.82) is 10.5 Å². The predicted octanol–water partition coefficient (Wildman–Crippen LogP) is 13.1. The topological polar surface area (TPSA) is 98.6 Å². The van der Waals surface area contributed by atoms with Gasteiger partial charge in [0.1, 0.15) is 0 Å². The Morgan fingerprint density at radius 2 is 1.13 bits per heavy atom. The van der Waals surface area contributed by atoms with Crippen LogP contribution in [-0.2, 0) is 0 Å². The smallest absolute Gasteiger partial charge is 0.268 e. The SMILES string of the molecule is [C-]#[N+]c1ccc(-c2ccc3c(c2)c2cc(-c4ccc(C#N)cc4[N+]#[C-])ccc2n3-c2cccc3c2C(=O)N(c2ccc(-c4ccccc4)cc2-c2ccccc2)C3=O)c(C#N)c1. The molecule has 0 atom stereocenters. The number of fused-ring (bicyclic) bond motifs is 4. The minimum absolute atomic E-state index is 0.263. The van der Waals surface area contributed by atoms with Crippen molar-refractivity contribution in [3.05, 3.63) is 215 Å². The van der Waals surface area contributed by atoms with E-state index in [0.29, 0.717) is 45.0 Å². The minimum atomic E-state index is -0.452. The monoisotopic (exact) mass is 792 g/mol. The molecule has 1 aromatic heterocycles. The summed E-state index contributed by atoms with van der Waals surface area (Å²) < 4.78 is 1.99. The van der Waals surface area contributed by atoms with E-state index in [4.69, 9.17) is 13.1 Å². The Labute approximate surface area is 356 Å². The molecule has 0 aliphatic carbocycles. The van der Waals surface area contributed by atoms with E-state index in [2.05, 4.69) is 21.8 Å². The van der Waals surface area contributed by atoms with Crippen LogP contribution in [0.15, 0.2) is 170 Å². The van der Waals surface area contributed by atoms with E-state index in [9.17, 15) is 15.3 Å². The molecular formula is C54H28N6O2. The van der Waals surface area contributed by atoms with Gasteiger partial charge in [0.15, 0.2) is 11.4 Å². The number of hydrogen-bond acceptors (Lipinski definition) is 4. The summed E-state index contributed by atoms with van der Waals surface area (Å²) in [7, 11) is 0. The number of anilines is 1. The lowest BCUT2D eigenvalue weighted by Gasteiger charge is -2.20. The molecule has 8 nitrogen and oxygen atoms in total. The van der Waals surface area contributed by atoms with Crippen molar-refractivity contribution in [2.75, 3.05) is 4.90 Å². The number of imide groups is 1. The van der Waals surface area contributed by atoms with E-state index < -0.39 is 11.8 Å². The highest BCUT2D eigenvalue weighted by atomic mass is 16.2. The number of amides is 2. The molecule has 8 aromatic carbocycles. The quantitative estimate of drug-likeness (QED) is 0.124. The first-order valence-electron chi connectivity index (χ1n) is 19.6. The number of aromatic nitrogens is 1. The first-order valence-corrected chi connectivity index (χ1v) is 19.6. The van der Waals surface area contributed by atoms with Gasteiger partial charge in [-0.3, -0.25) is 9.59 Å². The van der Waals surface area contributed by atoms with Crippen molar-refractivity contribution in [3.8, 4) is 62.3 Å². The Morgan fingerprint density at radius 1 is 0.468 bits per heavy atom.